The lowest BCUT2D eigenvalue weighted by Crippen LogP contribution is -2.45. The zero-order chi connectivity index (χ0) is 18.7. The van der Waals surface area contributed by atoms with Gasteiger partial charge in [-0.25, -0.2) is 0 Å². The molecular weight excluding hydrogens is 352 g/mol. The van der Waals surface area contributed by atoms with Crippen LogP contribution in [0.2, 0.25) is 5.02 Å². The number of hydrogen-bond acceptors (Lipinski definition) is 4. The van der Waals surface area contributed by atoms with Crippen molar-refractivity contribution in [3.63, 3.8) is 0 Å². The highest BCUT2D eigenvalue weighted by atomic mass is 35.5. The Balaban J connectivity index is 1.89. The molecule has 3 aromatic rings. The number of ether oxygens (including phenoxy) is 1. The molecule has 0 bridgehead atoms. The largest absolute Gasteiger partial charge is 0.487 e. The Morgan fingerprint density at radius 3 is 2.62 bits per heavy atom. The predicted octanol–water partition coefficient (Wildman–Crippen LogP) is 4.13. The minimum Gasteiger partial charge on any atom is -0.487 e. The maximum atomic E-state index is 12.6. The Labute approximate surface area is 157 Å². The summed E-state index contributed by atoms with van der Waals surface area (Å²) in [6.45, 7) is 4.17. The van der Waals surface area contributed by atoms with Crippen molar-refractivity contribution in [1.82, 2.24) is 5.32 Å². The lowest BCUT2D eigenvalue weighted by atomic mass is 10.1. The summed E-state index contributed by atoms with van der Waals surface area (Å²) in [5.41, 5.74) is 6.72. The molecule has 0 aliphatic carbocycles. The monoisotopic (exact) mass is 372 g/mol. The highest BCUT2D eigenvalue weighted by Crippen LogP contribution is 2.29. The summed E-state index contributed by atoms with van der Waals surface area (Å²) < 4.78 is 11.6. The summed E-state index contributed by atoms with van der Waals surface area (Å²) in [5, 5.41) is 4.15. The van der Waals surface area contributed by atoms with Crippen molar-refractivity contribution in [3.05, 3.63) is 64.9 Å². The maximum absolute atomic E-state index is 12.6. The quantitative estimate of drug-likeness (QED) is 0.682. The first-order valence-corrected chi connectivity index (χ1v) is 8.68. The fourth-order valence-corrected chi connectivity index (χ4v) is 2.72. The molecule has 0 saturated carbocycles. The fraction of sp³-hybridized carbons (Fsp3) is 0.250. The summed E-state index contributed by atoms with van der Waals surface area (Å²) in [5.74, 6) is 0.453. The van der Waals surface area contributed by atoms with Crippen LogP contribution in [0.1, 0.15) is 30.0 Å². The molecule has 0 radical (unpaired) electrons. The Morgan fingerprint density at radius 1 is 1.19 bits per heavy atom. The van der Waals surface area contributed by atoms with Crippen LogP contribution in [0.4, 0.5) is 0 Å². The van der Waals surface area contributed by atoms with Gasteiger partial charge in [-0.3, -0.25) is 4.79 Å². The van der Waals surface area contributed by atoms with Crippen LogP contribution < -0.4 is 15.8 Å². The number of halogens is 1. The molecule has 3 N–H and O–H groups in total. The van der Waals surface area contributed by atoms with E-state index in [4.69, 9.17) is 26.5 Å². The minimum absolute atomic E-state index is 0.162. The van der Waals surface area contributed by atoms with Crippen LogP contribution in [0.3, 0.4) is 0 Å². The first-order chi connectivity index (χ1) is 12.3. The van der Waals surface area contributed by atoms with Crippen molar-refractivity contribution in [2.75, 3.05) is 6.54 Å². The molecule has 136 valence electrons. The molecule has 0 fully saturated rings. The zero-order valence-corrected chi connectivity index (χ0v) is 15.5. The van der Waals surface area contributed by atoms with Crippen molar-refractivity contribution in [2.24, 2.45) is 5.73 Å². The molecule has 0 unspecified atom stereocenters. The van der Waals surface area contributed by atoms with Gasteiger partial charge in [0.25, 0.3) is 5.91 Å². The van der Waals surface area contributed by atoms with Crippen LogP contribution in [0.5, 0.6) is 5.75 Å². The normalized spacial score (nSPS) is 11.5. The Hall–Kier alpha value is -2.50. The standard InChI is InChI=1S/C20H21ClN2O3/c1-20(2,22)12-23-19(24)18-14(13-7-3-5-9-16(13)26-18)11-25-17-10-6-4-8-15(17)21/h3-10H,11-12,22H2,1-2H3,(H,23,24). The van der Waals surface area contributed by atoms with Gasteiger partial charge in [0.15, 0.2) is 5.76 Å². The van der Waals surface area contributed by atoms with E-state index in [-0.39, 0.29) is 18.3 Å². The van der Waals surface area contributed by atoms with E-state index >= 15 is 0 Å². The predicted molar refractivity (Wildman–Crippen MR) is 103 cm³/mol. The SMILES string of the molecule is CC(C)(N)CNC(=O)c1oc2ccccc2c1COc1ccccc1Cl. The van der Waals surface area contributed by atoms with E-state index < -0.39 is 5.54 Å². The maximum Gasteiger partial charge on any atom is 0.287 e. The molecule has 2 aromatic carbocycles. The second kappa shape index (κ2) is 7.40. The fourth-order valence-electron chi connectivity index (χ4n) is 2.53. The molecule has 5 nitrogen and oxygen atoms in total. The molecule has 0 spiro atoms. The molecule has 6 heteroatoms. The molecule has 0 aliphatic rings. The van der Waals surface area contributed by atoms with Crippen LogP contribution >= 0.6 is 11.6 Å². The molecule has 1 aromatic heterocycles. The summed E-state index contributed by atoms with van der Waals surface area (Å²) >= 11 is 6.14. The van der Waals surface area contributed by atoms with Gasteiger partial charge in [-0.05, 0) is 32.0 Å². The van der Waals surface area contributed by atoms with E-state index in [0.717, 1.165) is 5.39 Å². The Kier molecular flexibility index (Phi) is 5.20. The van der Waals surface area contributed by atoms with Crippen LogP contribution in [-0.2, 0) is 6.61 Å². The molecule has 26 heavy (non-hydrogen) atoms. The molecule has 1 amide bonds. The van der Waals surface area contributed by atoms with E-state index in [0.29, 0.717) is 28.5 Å². The average molecular weight is 373 g/mol. The van der Waals surface area contributed by atoms with E-state index in [1.165, 1.54) is 0 Å². The number of rotatable bonds is 6. The third-order valence-corrected chi connectivity index (χ3v) is 4.13. The summed E-state index contributed by atoms with van der Waals surface area (Å²) in [7, 11) is 0. The summed E-state index contributed by atoms with van der Waals surface area (Å²) in [6.07, 6.45) is 0. The average Bonchev–Trinajstić information content (AvgIpc) is 2.97. The number of carbonyl (C=O) groups excluding carboxylic acids is 1. The lowest BCUT2D eigenvalue weighted by molar-refractivity contribution is 0.0917. The number of benzene rings is 2. The number of fused-ring (bicyclic) bond motifs is 1. The van der Waals surface area contributed by atoms with Crippen molar-refractivity contribution < 1.29 is 13.9 Å². The van der Waals surface area contributed by atoms with Gasteiger partial charge in [-0.2, -0.15) is 0 Å². The van der Waals surface area contributed by atoms with Crippen molar-refractivity contribution in [3.8, 4) is 5.75 Å². The van der Waals surface area contributed by atoms with Gasteiger partial charge in [-0.15, -0.1) is 0 Å². The van der Waals surface area contributed by atoms with E-state index in [9.17, 15) is 4.79 Å². The summed E-state index contributed by atoms with van der Waals surface area (Å²) in [4.78, 5) is 12.6. The molecule has 0 aliphatic heterocycles. The van der Waals surface area contributed by atoms with Crippen molar-refractivity contribution >= 4 is 28.5 Å². The van der Waals surface area contributed by atoms with Crippen LogP contribution in [0, 0.1) is 0 Å². The number of furan rings is 1. The second-order valence-corrected chi connectivity index (χ2v) is 7.20. The molecule has 0 saturated heterocycles. The van der Waals surface area contributed by atoms with Crippen molar-refractivity contribution in [2.45, 2.75) is 26.0 Å². The first-order valence-electron chi connectivity index (χ1n) is 8.30. The van der Waals surface area contributed by atoms with E-state index in [1.807, 2.05) is 50.2 Å². The molecule has 3 rings (SSSR count). The number of nitrogens with two attached hydrogens (primary N) is 1. The van der Waals surface area contributed by atoms with Gasteiger partial charge in [0.2, 0.25) is 0 Å². The highest BCUT2D eigenvalue weighted by molar-refractivity contribution is 6.32. The lowest BCUT2D eigenvalue weighted by Gasteiger charge is -2.18. The number of amides is 1. The first kappa shape index (κ1) is 18.3. The number of para-hydroxylation sites is 2. The van der Waals surface area contributed by atoms with Gasteiger partial charge < -0.3 is 20.2 Å². The minimum atomic E-state index is -0.518. The zero-order valence-electron chi connectivity index (χ0n) is 14.7. The Morgan fingerprint density at radius 2 is 1.88 bits per heavy atom. The van der Waals surface area contributed by atoms with Gasteiger partial charge in [0.05, 0.1) is 5.02 Å². The van der Waals surface area contributed by atoms with Crippen LogP contribution in [0.25, 0.3) is 11.0 Å². The Bertz CT molecular complexity index is 928. The van der Waals surface area contributed by atoms with E-state index in [2.05, 4.69) is 5.32 Å². The highest BCUT2D eigenvalue weighted by Gasteiger charge is 2.22. The molecule has 1 heterocycles. The number of carbonyl (C=O) groups is 1. The van der Waals surface area contributed by atoms with Crippen LogP contribution in [0.15, 0.2) is 52.9 Å². The third kappa shape index (κ3) is 4.18. The van der Waals surface area contributed by atoms with Gasteiger partial charge in [0, 0.05) is 23.0 Å². The second-order valence-electron chi connectivity index (χ2n) is 6.80. The smallest absolute Gasteiger partial charge is 0.287 e. The molecular formula is C20H21ClN2O3. The summed E-state index contributed by atoms with van der Waals surface area (Å²) in [6, 6.07) is 14.7. The van der Waals surface area contributed by atoms with Crippen molar-refractivity contribution in [1.29, 1.82) is 0 Å². The van der Waals surface area contributed by atoms with Crippen LogP contribution in [-0.4, -0.2) is 18.0 Å². The number of nitrogens with one attached hydrogen (secondary N) is 1. The third-order valence-electron chi connectivity index (χ3n) is 3.82. The topological polar surface area (TPSA) is 77.5 Å². The van der Waals surface area contributed by atoms with Gasteiger partial charge in [0.1, 0.15) is 17.9 Å². The number of hydrogen-bond donors (Lipinski definition) is 2. The molecule has 0 atom stereocenters. The van der Waals surface area contributed by atoms with E-state index in [1.54, 1.807) is 12.1 Å². The van der Waals surface area contributed by atoms with Gasteiger partial charge in [-0.1, -0.05) is 41.9 Å². The van der Waals surface area contributed by atoms with Gasteiger partial charge >= 0.3 is 0 Å².